The van der Waals surface area contributed by atoms with Gasteiger partial charge >= 0.3 is 0 Å². The van der Waals surface area contributed by atoms with E-state index in [1.54, 1.807) is 5.57 Å². The maximum absolute atomic E-state index is 10.5. The number of likely N-dealkylation sites (tertiary alicyclic amines) is 1. The van der Waals surface area contributed by atoms with Crippen LogP contribution in [0.5, 0.6) is 0 Å². The van der Waals surface area contributed by atoms with Gasteiger partial charge in [0.25, 0.3) is 0 Å². The summed E-state index contributed by atoms with van der Waals surface area (Å²) >= 11 is 0. The molecule has 1 heterocycles. The summed E-state index contributed by atoms with van der Waals surface area (Å²) in [4.78, 5) is 2.65. The second kappa shape index (κ2) is 12.3. The minimum Gasteiger partial charge on any atom is -0.392 e. The summed E-state index contributed by atoms with van der Waals surface area (Å²) < 4.78 is 0. The van der Waals surface area contributed by atoms with Crippen LogP contribution in [0.15, 0.2) is 23.8 Å². The van der Waals surface area contributed by atoms with E-state index in [1.165, 1.54) is 77.4 Å². The predicted molar refractivity (Wildman–Crippen MR) is 122 cm³/mol. The van der Waals surface area contributed by atoms with Gasteiger partial charge in [0, 0.05) is 5.92 Å². The number of hydrogen-bond acceptors (Lipinski definition) is 3. The van der Waals surface area contributed by atoms with Gasteiger partial charge in [0.1, 0.15) is 0 Å². The predicted octanol–water partition coefficient (Wildman–Crippen LogP) is 5.47. The fourth-order valence-corrected chi connectivity index (χ4v) is 5.79. The smallest absolute Gasteiger partial charge is 0.0721 e. The minimum atomic E-state index is -0.346. The molecule has 0 bridgehead atoms. The highest BCUT2D eigenvalue weighted by atomic mass is 16.3. The number of fused-ring (bicyclic) bond motifs is 1. The number of nitrogens with zero attached hydrogens (tertiary/aromatic N) is 1. The Morgan fingerprint density at radius 2 is 1.93 bits per heavy atom. The van der Waals surface area contributed by atoms with Crippen LogP contribution in [-0.4, -0.2) is 47.0 Å². The number of unbranched alkanes of at least 4 members (excludes halogenated alkanes) is 4. The monoisotopic (exact) mass is 403 g/mol. The lowest BCUT2D eigenvalue weighted by Gasteiger charge is -2.26. The first-order valence-corrected chi connectivity index (χ1v) is 12.6. The van der Waals surface area contributed by atoms with Crippen molar-refractivity contribution >= 4 is 0 Å². The number of aliphatic hydroxyl groups excluding tert-OH is 2. The lowest BCUT2D eigenvalue weighted by Crippen LogP contribution is -2.30. The number of rotatable bonds is 12. The molecule has 0 aromatic carbocycles. The average Bonchev–Trinajstić information content (AvgIpc) is 3.23. The Labute approximate surface area is 179 Å². The van der Waals surface area contributed by atoms with Crippen LogP contribution in [0.25, 0.3) is 0 Å². The Hall–Kier alpha value is -0.640. The third-order valence-electron chi connectivity index (χ3n) is 7.53. The molecule has 0 amide bonds. The lowest BCUT2D eigenvalue weighted by atomic mass is 9.88. The van der Waals surface area contributed by atoms with E-state index in [2.05, 4.69) is 24.0 Å². The van der Waals surface area contributed by atoms with E-state index in [0.29, 0.717) is 11.8 Å². The number of piperidine rings is 1. The fraction of sp³-hybridized carbons (Fsp3) is 0.846. The van der Waals surface area contributed by atoms with Crippen molar-refractivity contribution in [2.24, 2.45) is 17.8 Å². The van der Waals surface area contributed by atoms with Gasteiger partial charge in [-0.15, -0.1) is 0 Å². The molecule has 29 heavy (non-hydrogen) atoms. The van der Waals surface area contributed by atoms with E-state index >= 15 is 0 Å². The molecule has 1 saturated heterocycles. The standard InChI is InChI=1S/C26H45NO2/c1-2-3-6-12-23(28)13-14-24-25-19-21(18-22(25)20-26(24)29)11-7-4-8-15-27-16-9-5-10-17-27/h13-14,18,22-26,28-29H,2-12,15-17,19-20H2,1H3/b14-13+/t22-,23-,24+,25-,26+/m0/s1. The maximum Gasteiger partial charge on any atom is 0.0721 e. The first kappa shape index (κ1) is 23.0. The molecule has 5 atom stereocenters. The zero-order valence-corrected chi connectivity index (χ0v) is 18.8. The molecular weight excluding hydrogens is 358 g/mol. The number of allylic oxidation sites excluding steroid dienone is 2. The lowest BCUT2D eigenvalue weighted by molar-refractivity contribution is 0.139. The van der Waals surface area contributed by atoms with Gasteiger partial charge in [-0.1, -0.05) is 62.8 Å². The second-order valence-electron chi connectivity index (χ2n) is 9.90. The molecule has 0 radical (unpaired) electrons. The van der Waals surface area contributed by atoms with Gasteiger partial charge in [0.2, 0.25) is 0 Å². The van der Waals surface area contributed by atoms with Crippen LogP contribution >= 0.6 is 0 Å². The molecule has 3 nitrogen and oxygen atoms in total. The summed E-state index contributed by atoms with van der Waals surface area (Å²) in [6.07, 6.45) is 21.9. The van der Waals surface area contributed by atoms with Gasteiger partial charge in [-0.2, -0.15) is 0 Å². The van der Waals surface area contributed by atoms with Crippen molar-refractivity contribution in [1.82, 2.24) is 4.90 Å². The Kier molecular flexibility index (Phi) is 9.75. The van der Waals surface area contributed by atoms with Crippen molar-refractivity contribution in [2.45, 2.75) is 103 Å². The molecule has 1 aliphatic heterocycles. The topological polar surface area (TPSA) is 43.7 Å². The Morgan fingerprint density at radius 1 is 1.10 bits per heavy atom. The normalized spacial score (nSPS) is 31.3. The fourth-order valence-electron chi connectivity index (χ4n) is 5.79. The van der Waals surface area contributed by atoms with Crippen molar-refractivity contribution in [1.29, 1.82) is 0 Å². The van der Waals surface area contributed by atoms with E-state index in [9.17, 15) is 10.2 Å². The van der Waals surface area contributed by atoms with E-state index in [0.717, 1.165) is 25.7 Å². The molecule has 0 spiro atoms. The van der Waals surface area contributed by atoms with Crippen LogP contribution in [0.3, 0.4) is 0 Å². The minimum absolute atomic E-state index is 0.230. The SMILES string of the molecule is CCCCC[C@H](O)/C=C/[C@@H]1[C@H]2CC(CCCCCN3CCCCC3)=C[C@H]2C[C@H]1O. The molecule has 0 unspecified atom stereocenters. The van der Waals surface area contributed by atoms with Crippen LogP contribution in [0.4, 0.5) is 0 Å². The van der Waals surface area contributed by atoms with Crippen molar-refractivity contribution in [3.8, 4) is 0 Å². The Bertz CT molecular complexity index is 523. The zero-order chi connectivity index (χ0) is 20.5. The second-order valence-corrected chi connectivity index (χ2v) is 9.90. The van der Waals surface area contributed by atoms with Crippen LogP contribution in [-0.2, 0) is 0 Å². The molecule has 0 aromatic heterocycles. The van der Waals surface area contributed by atoms with Crippen molar-refractivity contribution in [2.75, 3.05) is 19.6 Å². The summed E-state index contributed by atoms with van der Waals surface area (Å²) in [6.45, 7) is 6.12. The van der Waals surface area contributed by atoms with Gasteiger partial charge in [0.15, 0.2) is 0 Å². The average molecular weight is 404 g/mol. The van der Waals surface area contributed by atoms with Crippen molar-refractivity contribution in [3.63, 3.8) is 0 Å². The quantitative estimate of drug-likeness (QED) is 0.335. The van der Waals surface area contributed by atoms with Gasteiger partial charge in [-0.05, 0) is 82.8 Å². The zero-order valence-electron chi connectivity index (χ0n) is 18.8. The molecule has 2 N–H and O–H groups in total. The maximum atomic E-state index is 10.5. The van der Waals surface area contributed by atoms with E-state index < -0.39 is 0 Å². The summed E-state index contributed by atoms with van der Waals surface area (Å²) in [6, 6.07) is 0. The third-order valence-corrected chi connectivity index (χ3v) is 7.53. The van der Waals surface area contributed by atoms with Crippen LogP contribution in [0, 0.1) is 17.8 Å². The van der Waals surface area contributed by atoms with Crippen LogP contribution in [0.2, 0.25) is 0 Å². The van der Waals surface area contributed by atoms with E-state index in [-0.39, 0.29) is 18.1 Å². The summed E-state index contributed by atoms with van der Waals surface area (Å²) in [7, 11) is 0. The molecular formula is C26H45NO2. The molecule has 3 rings (SSSR count). The molecule has 2 fully saturated rings. The third kappa shape index (κ3) is 7.22. The Morgan fingerprint density at radius 3 is 2.72 bits per heavy atom. The number of hydrogen-bond donors (Lipinski definition) is 2. The van der Waals surface area contributed by atoms with Gasteiger partial charge < -0.3 is 15.1 Å². The van der Waals surface area contributed by atoms with Crippen molar-refractivity contribution < 1.29 is 10.2 Å². The highest BCUT2D eigenvalue weighted by molar-refractivity contribution is 5.21. The van der Waals surface area contributed by atoms with Crippen molar-refractivity contribution in [3.05, 3.63) is 23.8 Å². The van der Waals surface area contributed by atoms with E-state index in [1.807, 2.05) is 6.08 Å². The molecule has 0 aromatic rings. The van der Waals surface area contributed by atoms with Gasteiger partial charge in [-0.25, -0.2) is 0 Å². The first-order chi connectivity index (χ1) is 14.2. The van der Waals surface area contributed by atoms with Crippen LogP contribution < -0.4 is 0 Å². The first-order valence-electron chi connectivity index (χ1n) is 12.6. The largest absolute Gasteiger partial charge is 0.392 e. The summed E-state index contributed by atoms with van der Waals surface area (Å²) in [5, 5.41) is 20.7. The summed E-state index contributed by atoms with van der Waals surface area (Å²) in [5.41, 5.74) is 1.63. The Balaban J connectivity index is 1.34. The van der Waals surface area contributed by atoms with Gasteiger partial charge in [0.05, 0.1) is 12.2 Å². The van der Waals surface area contributed by atoms with E-state index in [4.69, 9.17) is 0 Å². The molecule has 1 saturated carbocycles. The number of aliphatic hydroxyl groups is 2. The highest BCUT2D eigenvalue weighted by Gasteiger charge is 2.43. The molecule has 3 aliphatic rings. The summed E-state index contributed by atoms with van der Waals surface area (Å²) in [5.74, 6) is 1.35. The highest BCUT2D eigenvalue weighted by Crippen LogP contribution is 2.48. The molecule has 166 valence electrons. The van der Waals surface area contributed by atoms with Gasteiger partial charge in [-0.3, -0.25) is 0 Å². The molecule has 2 aliphatic carbocycles. The molecule has 3 heteroatoms. The van der Waals surface area contributed by atoms with Crippen LogP contribution in [0.1, 0.15) is 90.4 Å².